The van der Waals surface area contributed by atoms with Crippen molar-refractivity contribution in [1.29, 1.82) is 0 Å². The zero-order chi connectivity index (χ0) is 14.8. The van der Waals surface area contributed by atoms with Gasteiger partial charge in [-0.3, -0.25) is 0 Å². The first kappa shape index (κ1) is 14.6. The molecule has 2 heterocycles. The molecular formula is C18H27N3. The van der Waals surface area contributed by atoms with Gasteiger partial charge in [-0.05, 0) is 49.9 Å². The summed E-state index contributed by atoms with van der Waals surface area (Å²) in [5, 5.41) is 4.90. The van der Waals surface area contributed by atoms with E-state index in [2.05, 4.69) is 54.0 Å². The summed E-state index contributed by atoms with van der Waals surface area (Å²) in [6.45, 7) is 10.4. The Balaban J connectivity index is 1.73. The molecular weight excluding hydrogens is 258 g/mol. The minimum atomic E-state index is 1.15. The molecule has 1 N–H and O–H groups in total. The first-order valence-corrected chi connectivity index (χ1v) is 8.14. The van der Waals surface area contributed by atoms with Crippen LogP contribution in [0.25, 0.3) is 10.9 Å². The van der Waals surface area contributed by atoms with E-state index >= 15 is 0 Å². The van der Waals surface area contributed by atoms with Gasteiger partial charge in [-0.2, -0.15) is 0 Å². The van der Waals surface area contributed by atoms with Crippen LogP contribution in [0, 0.1) is 13.8 Å². The Labute approximate surface area is 127 Å². The Bertz CT molecular complexity index is 621. The quantitative estimate of drug-likeness (QED) is 0.932. The fraction of sp³-hybridized carbons (Fsp3) is 0.556. The van der Waals surface area contributed by atoms with E-state index in [1.54, 1.807) is 0 Å². The summed E-state index contributed by atoms with van der Waals surface area (Å²) in [6.07, 6.45) is 4.78. The number of rotatable bonds is 4. The van der Waals surface area contributed by atoms with Gasteiger partial charge in [-0.1, -0.05) is 12.1 Å². The lowest BCUT2D eigenvalue weighted by Crippen LogP contribution is -2.43. The normalized spacial score (nSPS) is 16.7. The van der Waals surface area contributed by atoms with Crippen molar-refractivity contribution in [2.24, 2.45) is 7.05 Å². The summed E-state index contributed by atoms with van der Waals surface area (Å²) >= 11 is 0. The fourth-order valence-electron chi connectivity index (χ4n) is 3.64. The van der Waals surface area contributed by atoms with Crippen LogP contribution in [-0.2, 0) is 13.5 Å². The van der Waals surface area contributed by atoms with Crippen LogP contribution in [0.1, 0.15) is 23.1 Å². The van der Waals surface area contributed by atoms with Crippen LogP contribution in [0.15, 0.2) is 18.3 Å². The third kappa shape index (κ3) is 2.99. The Morgan fingerprint density at radius 3 is 2.57 bits per heavy atom. The van der Waals surface area contributed by atoms with Crippen molar-refractivity contribution < 1.29 is 0 Å². The molecule has 0 aliphatic carbocycles. The van der Waals surface area contributed by atoms with Gasteiger partial charge in [0.2, 0.25) is 0 Å². The Morgan fingerprint density at radius 1 is 1.10 bits per heavy atom. The second kappa shape index (κ2) is 6.20. The average molecular weight is 285 g/mol. The molecule has 0 radical (unpaired) electrons. The van der Waals surface area contributed by atoms with Gasteiger partial charge in [-0.25, -0.2) is 0 Å². The van der Waals surface area contributed by atoms with Crippen LogP contribution < -0.4 is 5.32 Å². The van der Waals surface area contributed by atoms with Crippen molar-refractivity contribution in [3.05, 3.63) is 35.0 Å². The molecule has 114 valence electrons. The van der Waals surface area contributed by atoms with E-state index in [0.29, 0.717) is 0 Å². The molecule has 0 saturated carbocycles. The molecule has 2 aromatic rings. The number of aromatic nitrogens is 1. The van der Waals surface area contributed by atoms with E-state index < -0.39 is 0 Å². The molecule has 1 fully saturated rings. The first-order valence-electron chi connectivity index (χ1n) is 8.14. The molecule has 0 atom stereocenters. The van der Waals surface area contributed by atoms with Gasteiger partial charge in [0.05, 0.1) is 5.52 Å². The third-order valence-corrected chi connectivity index (χ3v) is 4.74. The highest BCUT2D eigenvalue weighted by atomic mass is 15.2. The van der Waals surface area contributed by atoms with Crippen molar-refractivity contribution in [3.63, 3.8) is 0 Å². The van der Waals surface area contributed by atoms with E-state index in [-0.39, 0.29) is 0 Å². The maximum absolute atomic E-state index is 3.42. The van der Waals surface area contributed by atoms with Gasteiger partial charge in [0.25, 0.3) is 0 Å². The fourth-order valence-corrected chi connectivity index (χ4v) is 3.64. The Hall–Kier alpha value is -1.32. The lowest BCUT2D eigenvalue weighted by molar-refractivity contribution is 0.238. The topological polar surface area (TPSA) is 20.2 Å². The Kier molecular flexibility index (Phi) is 4.32. The summed E-state index contributed by atoms with van der Waals surface area (Å²) in [7, 11) is 2.18. The van der Waals surface area contributed by atoms with Crippen molar-refractivity contribution in [1.82, 2.24) is 14.8 Å². The van der Waals surface area contributed by atoms with Crippen molar-refractivity contribution in [2.45, 2.75) is 26.7 Å². The highest BCUT2D eigenvalue weighted by Crippen LogP contribution is 2.28. The molecule has 1 aromatic carbocycles. The molecule has 1 aromatic heterocycles. The zero-order valence-electron chi connectivity index (χ0n) is 13.6. The number of piperazine rings is 1. The van der Waals surface area contributed by atoms with Crippen molar-refractivity contribution in [2.75, 3.05) is 32.7 Å². The van der Waals surface area contributed by atoms with Gasteiger partial charge < -0.3 is 14.8 Å². The number of fused-ring (bicyclic) bond motifs is 1. The van der Waals surface area contributed by atoms with Crippen LogP contribution in [0.3, 0.4) is 0 Å². The average Bonchev–Trinajstić information content (AvgIpc) is 2.82. The maximum Gasteiger partial charge on any atom is 0.0512 e. The number of hydrogen-bond donors (Lipinski definition) is 1. The van der Waals surface area contributed by atoms with E-state index in [1.807, 2.05) is 0 Å². The summed E-state index contributed by atoms with van der Waals surface area (Å²) in [5.74, 6) is 0. The SMILES string of the molecule is Cc1ccc(C)c2c1c(CCCN1CCNCC1)cn2C. The number of aryl methyl sites for hydroxylation is 4. The van der Waals surface area contributed by atoms with Crippen LogP contribution in [-0.4, -0.2) is 42.2 Å². The molecule has 1 aliphatic rings. The highest BCUT2D eigenvalue weighted by molar-refractivity contribution is 5.89. The number of benzene rings is 1. The van der Waals surface area contributed by atoms with Crippen LogP contribution in [0.4, 0.5) is 0 Å². The summed E-state index contributed by atoms with van der Waals surface area (Å²) < 4.78 is 2.30. The second-order valence-corrected chi connectivity index (χ2v) is 6.38. The maximum atomic E-state index is 3.42. The molecule has 0 spiro atoms. The standard InChI is InChI=1S/C18H27N3/c1-14-6-7-15(2)18-17(14)16(13-20(18)3)5-4-10-21-11-8-19-9-12-21/h6-7,13,19H,4-5,8-12H2,1-3H3. The summed E-state index contributed by atoms with van der Waals surface area (Å²) in [6, 6.07) is 4.50. The lowest BCUT2D eigenvalue weighted by Gasteiger charge is -2.27. The summed E-state index contributed by atoms with van der Waals surface area (Å²) in [5.41, 5.74) is 5.72. The molecule has 3 rings (SSSR count). The molecule has 0 amide bonds. The van der Waals surface area contributed by atoms with Crippen LogP contribution in [0.2, 0.25) is 0 Å². The number of hydrogen-bond acceptors (Lipinski definition) is 2. The summed E-state index contributed by atoms with van der Waals surface area (Å²) in [4.78, 5) is 2.58. The second-order valence-electron chi connectivity index (χ2n) is 6.38. The molecule has 0 unspecified atom stereocenters. The van der Waals surface area contributed by atoms with Gasteiger partial charge in [0, 0.05) is 44.8 Å². The first-order chi connectivity index (χ1) is 10.2. The predicted molar refractivity (Wildman–Crippen MR) is 90.0 cm³/mol. The van der Waals surface area contributed by atoms with Crippen LogP contribution in [0.5, 0.6) is 0 Å². The van der Waals surface area contributed by atoms with E-state index in [0.717, 1.165) is 13.1 Å². The highest BCUT2D eigenvalue weighted by Gasteiger charge is 2.12. The molecule has 3 heteroatoms. The smallest absolute Gasteiger partial charge is 0.0512 e. The minimum absolute atomic E-state index is 1.15. The van der Waals surface area contributed by atoms with Gasteiger partial charge in [0.1, 0.15) is 0 Å². The molecule has 0 bridgehead atoms. The van der Waals surface area contributed by atoms with Gasteiger partial charge in [-0.15, -0.1) is 0 Å². The van der Waals surface area contributed by atoms with Gasteiger partial charge in [0.15, 0.2) is 0 Å². The van der Waals surface area contributed by atoms with Crippen molar-refractivity contribution in [3.8, 4) is 0 Å². The predicted octanol–water partition coefficient (Wildman–Crippen LogP) is 2.63. The van der Waals surface area contributed by atoms with E-state index in [4.69, 9.17) is 0 Å². The molecule has 1 aliphatic heterocycles. The minimum Gasteiger partial charge on any atom is -0.350 e. The monoisotopic (exact) mass is 285 g/mol. The van der Waals surface area contributed by atoms with Crippen LogP contribution >= 0.6 is 0 Å². The van der Waals surface area contributed by atoms with Crippen molar-refractivity contribution >= 4 is 10.9 Å². The molecule has 21 heavy (non-hydrogen) atoms. The van der Waals surface area contributed by atoms with Gasteiger partial charge >= 0.3 is 0 Å². The number of nitrogens with zero attached hydrogens (tertiary/aromatic N) is 2. The Morgan fingerprint density at radius 2 is 1.81 bits per heavy atom. The molecule has 3 nitrogen and oxygen atoms in total. The molecule has 1 saturated heterocycles. The zero-order valence-corrected chi connectivity index (χ0v) is 13.6. The van der Waals surface area contributed by atoms with E-state index in [9.17, 15) is 0 Å². The van der Waals surface area contributed by atoms with E-state index in [1.165, 1.54) is 60.1 Å². The number of nitrogens with one attached hydrogen (secondary N) is 1. The largest absolute Gasteiger partial charge is 0.350 e. The third-order valence-electron chi connectivity index (χ3n) is 4.74. The lowest BCUT2D eigenvalue weighted by atomic mass is 10.0.